The summed E-state index contributed by atoms with van der Waals surface area (Å²) in [6.45, 7) is 10.7. The van der Waals surface area contributed by atoms with E-state index in [4.69, 9.17) is 71.1 Å². The number of aliphatic hydroxyl groups is 22. The molecule has 0 bridgehead atoms. The van der Waals surface area contributed by atoms with Crippen molar-refractivity contribution in [2.45, 2.75) is 353 Å². The molecular formula is C76H120O41. The van der Waals surface area contributed by atoms with Gasteiger partial charge in [-0.3, -0.25) is 4.79 Å². The molecular weight excluding hydrogens is 1570 g/mol. The van der Waals surface area contributed by atoms with Gasteiger partial charge in [0, 0.05) is 11.3 Å². The van der Waals surface area contributed by atoms with Crippen molar-refractivity contribution in [1.29, 1.82) is 0 Å². The first-order valence-electron chi connectivity index (χ1n) is 40.4. The lowest BCUT2D eigenvalue weighted by molar-refractivity contribution is -0.400. The van der Waals surface area contributed by atoms with Gasteiger partial charge < -0.3 is 193 Å². The number of hydrogen-bond donors (Lipinski definition) is 23. The molecule has 41 nitrogen and oxygen atoms in total. The van der Waals surface area contributed by atoms with Crippen molar-refractivity contribution in [2.75, 3.05) is 33.0 Å². The van der Waals surface area contributed by atoms with Crippen LogP contribution < -0.4 is 0 Å². The van der Waals surface area contributed by atoms with Gasteiger partial charge in [-0.15, -0.1) is 0 Å². The minimum absolute atomic E-state index is 0.00133. The van der Waals surface area contributed by atoms with Crippen LogP contribution in [0.1, 0.15) is 113 Å². The largest absolute Gasteiger partial charge is 0.479 e. The second kappa shape index (κ2) is 34.7. The Morgan fingerprint density at radius 3 is 1.42 bits per heavy atom. The summed E-state index contributed by atoms with van der Waals surface area (Å²) in [5, 5.41) is 256. The van der Waals surface area contributed by atoms with Crippen LogP contribution in [0.15, 0.2) is 11.6 Å². The fourth-order valence-corrected chi connectivity index (χ4v) is 22.2. The van der Waals surface area contributed by atoms with Crippen molar-refractivity contribution in [1.82, 2.24) is 0 Å². The Morgan fingerprint density at radius 1 is 0.453 bits per heavy atom. The predicted octanol–water partition coefficient (Wildman–Crippen LogP) is -8.89. The molecule has 48 atom stereocenters. The number of carbonyl (C=O) groups is 3. The number of ether oxygens (including phenoxy) is 15. The van der Waals surface area contributed by atoms with Crippen LogP contribution in [-0.4, -0.2) is 408 Å². The first-order chi connectivity index (χ1) is 54.9. The molecule has 12 fully saturated rings. The maximum Gasteiger partial charge on any atom is 0.335 e. The van der Waals surface area contributed by atoms with Gasteiger partial charge in [0.2, 0.25) is 6.29 Å². The van der Waals surface area contributed by atoms with E-state index in [-0.39, 0.29) is 44.4 Å². The number of rotatable bonds is 20. The van der Waals surface area contributed by atoms with Gasteiger partial charge in [0.25, 0.3) is 0 Å². The van der Waals surface area contributed by atoms with Crippen molar-refractivity contribution in [3.05, 3.63) is 11.6 Å². The number of fused-ring (bicyclic) bond motifs is 7. The van der Waals surface area contributed by atoms with Crippen LogP contribution in [-0.2, 0) is 85.4 Å². The first kappa shape index (κ1) is 91.6. The van der Waals surface area contributed by atoms with Crippen LogP contribution in [0, 0.1) is 56.2 Å². The number of esters is 1. The van der Waals surface area contributed by atoms with Crippen molar-refractivity contribution >= 4 is 18.2 Å². The number of hydrogen-bond acceptors (Lipinski definition) is 40. The van der Waals surface area contributed by atoms with E-state index >= 15 is 4.79 Å². The number of aliphatic carboxylic acids is 1. The van der Waals surface area contributed by atoms with Crippen LogP contribution in [0.5, 0.6) is 0 Å². The zero-order valence-corrected chi connectivity index (χ0v) is 66.0. The monoisotopic (exact) mass is 1690 g/mol. The summed E-state index contributed by atoms with van der Waals surface area (Å²) in [5.41, 5.74) is -5.64. The van der Waals surface area contributed by atoms with E-state index in [2.05, 4.69) is 19.9 Å². The minimum Gasteiger partial charge on any atom is -0.479 e. The summed E-state index contributed by atoms with van der Waals surface area (Å²) in [6.07, 6.45) is -68.9. The zero-order chi connectivity index (χ0) is 85.5. The maximum atomic E-state index is 16.3. The molecule has 8 heterocycles. The number of carboxylic acids is 1. The highest BCUT2D eigenvalue weighted by atomic mass is 16.8. The molecule has 8 saturated heterocycles. The number of carboxylic acid groups (broad SMARTS) is 1. The lowest BCUT2D eigenvalue weighted by atomic mass is 9.32. The van der Waals surface area contributed by atoms with Gasteiger partial charge in [0.05, 0.1) is 57.5 Å². The molecule has 0 aromatic rings. The second-order valence-corrected chi connectivity index (χ2v) is 36.5. The molecule has 13 aliphatic rings. The third-order valence-electron chi connectivity index (χ3n) is 29.3. The van der Waals surface area contributed by atoms with E-state index in [1.54, 1.807) is 6.92 Å². The standard InChI is InChI=1S/C76H120O41/c1-25-54(111-65-48(94)43(89)40(86)32(19-77)107-65)51(97)60(115-68-53(99)58(114-66-49(95)44(90)41(87)33(20-78)108-66)55(26(2)105-68)112-63-46(92)38(84)30(81)22-103-63)69(106-25)117-70(102)76-16-15-71(3,4)17-29(76)27-9-10-36-72(5)13-11-28(73(6,24-80)35(72)12-14-74(36,7)75(27,8)18-37(76)83)56-61(116-67-50(96)45(91)42(88)34(21-79)109-67)57(52(98)59(110-56)62(100)101)113-64-47(93)39(85)31(82)23-104-64/h9,24-26,28-61,63-69,77-79,81-99H,10-23H2,1-8H3,(H,100,101)/t25-,26+,28-,29+,30-,31-,32-,33-,34-,35-,36-,37-,38+,39+,40-,41-,42+,43+,44+,45+,46-,47-,48-,49-,50-,51+,52+,53-,54+,55+,56+,57+,58+,59+,60-,61+,63+,64+,65+,66+,67+,68+,69+,72+,73-,74-,75-,76-/m1/s1. The normalized spacial score (nSPS) is 55.3. The van der Waals surface area contributed by atoms with E-state index in [1.165, 1.54) is 13.8 Å². The van der Waals surface area contributed by atoms with Gasteiger partial charge in [-0.2, -0.15) is 0 Å². The molecule has 117 heavy (non-hydrogen) atoms. The lowest BCUT2D eigenvalue weighted by Gasteiger charge is -2.72. The second-order valence-electron chi connectivity index (χ2n) is 36.5. The summed E-state index contributed by atoms with van der Waals surface area (Å²) >= 11 is 0. The molecule has 0 amide bonds. The maximum absolute atomic E-state index is 16.3. The Labute approximate surface area is 672 Å². The number of aldehydes is 1. The van der Waals surface area contributed by atoms with Crippen LogP contribution in [0.2, 0.25) is 0 Å². The molecule has 8 aliphatic heterocycles. The van der Waals surface area contributed by atoms with Crippen molar-refractivity contribution in [2.24, 2.45) is 56.2 Å². The summed E-state index contributed by atoms with van der Waals surface area (Å²) in [7, 11) is 0. The fourth-order valence-electron chi connectivity index (χ4n) is 22.2. The molecule has 0 aromatic heterocycles. The van der Waals surface area contributed by atoms with Gasteiger partial charge in [-0.25, -0.2) is 4.79 Å². The molecule has 41 heteroatoms. The van der Waals surface area contributed by atoms with Crippen LogP contribution >= 0.6 is 0 Å². The van der Waals surface area contributed by atoms with E-state index < -0.39 is 335 Å². The smallest absolute Gasteiger partial charge is 0.335 e. The molecule has 13 rings (SSSR count). The predicted molar refractivity (Wildman–Crippen MR) is 379 cm³/mol. The van der Waals surface area contributed by atoms with Crippen molar-refractivity contribution in [3.63, 3.8) is 0 Å². The fraction of sp³-hybridized carbons (Fsp3) is 0.934. The lowest BCUT2D eigenvalue weighted by Crippen LogP contribution is -2.71. The van der Waals surface area contributed by atoms with E-state index in [0.717, 1.165) is 11.9 Å². The molecule has 5 aliphatic carbocycles. The Morgan fingerprint density at radius 2 is 0.906 bits per heavy atom. The van der Waals surface area contributed by atoms with Gasteiger partial charge in [0.1, 0.15) is 170 Å². The minimum atomic E-state index is -2.26. The number of allylic oxidation sites excluding steroid dienone is 2. The number of carbonyl (C=O) groups excluding carboxylic acids is 2. The van der Waals surface area contributed by atoms with E-state index in [0.29, 0.717) is 19.3 Å². The van der Waals surface area contributed by atoms with Crippen molar-refractivity contribution in [3.8, 4) is 0 Å². The summed E-state index contributed by atoms with van der Waals surface area (Å²) in [4.78, 5) is 44.3. The summed E-state index contributed by atoms with van der Waals surface area (Å²) < 4.78 is 91.6. The average molecular weight is 1690 g/mol. The molecule has 4 saturated carbocycles. The highest BCUT2D eigenvalue weighted by molar-refractivity contribution is 5.80. The Hall–Kier alpha value is -3.09. The molecule has 670 valence electrons. The highest BCUT2D eigenvalue weighted by Gasteiger charge is 2.74. The number of aliphatic hydroxyl groups excluding tert-OH is 22. The molecule has 0 radical (unpaired) electrons. The van der Waals surface area contributed by atoms with Gasteiger partial charge in [0.15, 0.2) is 49.9 Å². The van der Waals surface area contributed by atoms with Gasteiger partial charge >= 0.3 is 11.9 Å². The van der Waals surface area contributed by atoms with Gasteiger partial charge in [-0.05, 0) is 111 Å². The van der Waals surface area contributed by atoms with Crippen LogP contribution in [0.3, 0.4) is 0 Å². The van der Waals surface area contributed by atoms with Crippen molar-refractivity contribution < 1.29 is 203 Å². The topological polar surface area (TPSA) is 655 Å². The SMILES string of the molecule is C[C@@H]1O[C@@H](O[C@H]2[C@H](OC(=O)[C@]34CCC(C)(C)C[C@H]3C3=CC[C@@H]5[C@@]6(C)CC[C@H]([C@@H]7O[C@H](C(=O)O)[C@@H](O)[C@H](O[C@@H]8OC[C@@H](O)[C@H](O)[C@H]8O)[C@H]7O[C@@H]7O[C@H](CO)[C@H](O)[C@H](O)[C@H]7O)[C@@](C)(C=O)[C@@H]6CC[C@@]5(C)[C@]3(C)C[C@H]4O)O[C@H](C)[C@H](O[C@@H]3O[C@H](CO)[C@@H](O)[C@H](O)[C@H]3O)[C@@H]2O)[C@H](O)[C@H](O[C@@H]2O[C@H](CO)[C@@H](O)[C@H](O)[C@H]2O)[C@H]1O[C@@H]1OC[C@@H](O)[C@H](O)[C@H]1O. The Kier molecular flexibility index (Phi) is 27.2. The average Bonchev–Trinajstić information content (AvgIpc) is 0.668. The van der Waals surface area contributed by atoms with Crippen LogP contribution in [0.4, 0.5) is 0 Å². The Bertz CT molecular complexity index is 3450. The zero-order valence-electron chi connectivity index (χ0n) is 66.0. The van der Waals surface area contributed by atoms with Gasteiger partial charge in [-0.1, -0.05) is 53.2 Å². The third-order valence-corrected chi connectivity index (χ3v) is 29.3. The summed E-state index contributed by atoms with van der Waals surface area (Å²) in [5.74, 6) is -5.58. The third kappa shape index (κ3) is 15.8. The molecule has 0 aromatic carbocycles. The first-order valence-corrected chi connectivity index (χ1v) is 40.4. The summed E-state index contributed by atoms with van der Waals surface area (Å²) in [6, 6.07) is 0. The Balaban J connectivity index is 0.820. The molecule has 0 spiro atoms. The molecule has 0 unspecified atom stereocenters. The quantitative estimate of drug-likeness (QED) is 0.0306. The van der Waals surface area contributed by atoms with Crippen LogP contribution in [0.25, 0.3) is 0 Å². The van der Waals surface area contributed by atoms with E-state index in [1.807, 2.05) is 20.8 Å². The highest BCUT2D eigenvalue weighted by Crippen LogP contribution is 2.77. The molecule has 23 N–H and O–H groups in total. The van der Waals surface area contributed by atoms with E-state index in [9.17, 15) is 127 Å².